The highest BCUT2D eigenvalue weighted by Crippen LogP contribution is 2.25. The lowest BCUT2D eigenvalue weighted by molar-refractivity contribution is -0.141. The van der Waals surface area contributed by atoms with E-state index in [9.17, 15) is 14.0 Å². The molecule has 0 radical (unpaired) electrons. The van der Waals surface area contributed by atoms with Gasteiger partial charge in [-0.2, -0.15) is 5.10 Å². The Morgan fingerprint density at radius 3 is 2.38 bits per heavy atom. The number of nitrogens with one attached hydrogen (secondary N) is 1. The Kier molecular flexibility index (Phi) is 7.30. The Labute approximate surface area is 192 Å². The van der Waals surface area contributed by atoms with E-state index in [0.29, 0.717) is 23.7 Å². The van der Waals surface area contributed by atoms with Crippen LogP contribution in [0.3, 0.4) is 0 Å². The largest absolute Gasteiger partial charge is 0.333 e. The summed E-state index contributed by atoms with van der Waals surface area (Å²) in [7, 11) is 0. The number of benzene rings is 2. The topological polar surface area (TPSA) is 67.2 Å². The molecule has 0 saturated carbocycles. The number of halogens is 2. The summed E-state index contributed by atoms with van der Waals surface area (Å²) in [6.45, 7) is 5.56. The Hall–Kier alpha value is -3.19. The van der Waals surface area contributed by atoms with Crippen LogP contribution < -0.4 is 5.32 Å². The summed E-state index contributed by atoms with van der Waals surface area (Å²) < 4.78 is 15.0. The number of aromatic nitrogens is 2. The number of likely N-dealkylation sites (N-methyl/N-ethyl adjacent to an activating group) is 1. The fraction of sp³-hybridized carbons (Fsp3) is 0.292. The predicted molar refractivity (Wildman–Crippen MR) is 124 cm³/mol. The molecule has 1 N–H and O–H groups in total. The third-order valence-corrected chi connectivity index (χ3v) is 5.70. The minimum absolute atomic E-state index is 0.120. The smallest absolute Gasteiger partial charge is 0.245 e. The van der Waals surface area contributed by atoms with Crippen molar-refractivity contribution in [1.82, 2.24) is 14.7 Å². The second kappa shape index (κ2) is 9.96. The van der Waals surface area contributed by atoms with Crippen molar-refractivity contribution in [2.75, 3.05) is 24.3 Å². The summed E-state index contributed by atoms with van der Waals surface area (Å²) in [4.78, 5) is 27.0. The molecule has 3 aromatic rings. The molecule has 0 bridgehead atoms. The van der Waals surface area contributed by atoms with Gasteiger partial charge in [-0.05, 0) is 45.0 Å². The maximum atomic E-state index is 13.4. The van der Waals surface area contributed by atoms with Crippen LogP contribution in [0.15, 0.2) is 60.7 Å². The molecular formula is C24H26ClFN4O2. The molecule has 168 valence electrons. The lowest BCUT2D eigenvalue weighted by Crippen LogP contribution is -2.45. The molecule has 0 aliphatic carbocycles. The van der Waals surface area contributed by atoms with E-state index in [1.807, 2.05) is 37.3 Å². The second-order valence-electron chi connectivity index (χ2n) is 8.05. The van der Waals surface area contributed by atoms with Crippen molar-refractivity contribution < 1.29 is 14.0 Å². The zero-order valence-electron chi connectivity index (χ0n) is 18.3. The van der Waals surface area contributed by atoms with Crippen LogP contribution in [0.5, 0.6) is 0 Å². The van der Waals surface area contributed by atoms with Crippen LogP contribution in [0.1, 0.15) is 20.8 Å². The van der Waals surface area contributed by atoms with E-state index >= 15 is 0 Å². The maximum absolute atomic E-state index is 13.4. The van der Waals surface area contributed by atoms with Crippen molar-refractivity contribution in [2.24, 2.45) is 5.41 Å². The van der Waals surface area contributed by atoms with Crippen molar-refractivity contribution in [3.8, 4) is 16.9 Å². The Balaban J connectivity index is 1.89. The normalized spacial score (nSPS) is 11.3. The van der Waals surface area contributed by atoms with Gasteiger partial charge in [0.25, 0.3) is 0 Å². The van der Waals surface area contributed by atoms with Gasteiger partial charge < -0.3 is 10.2 Å². The van der Waals surface area contributed by atoms with E-state index in [0.717, 1.165) is 5.56 Å². The average Bonchev–Trinajstić information content (AvgIpc) is 3.21. The Morgan fingerprint density at radius 1 is 1.12 bits per heavy atom. The molecule has 0 atom stereocenters. The number of hydrogen-bond donors (Lipinski definition) is 1. The van der Waals surface area contributed by atoms with E-state index in [2.05, 4.69) is 10.4 Å². The molecule has 3 rings (SSSR count). The van der Waals surface area contributed by atoms with Gasteiger partial charge in [-0.25, -0.2) is 9.07 Å². The van der Waals surface area contributed by atoms with E-state index in [1.54, 1.807) is 36.7 Å². The van der Waals surface area contributed by atoms with Gasteiger partial charge in [0.05, 0.1) is 23.3 Å². The van der Waals surface area contributed by atoms with Crippen molar-refractivity contribution in [3.05, 3.63) is 66.5 Å². The summed E-state index contributed by atoms with van der Waals surface area (Å²) in [5.74, 6) is -0.355. The first-order chi connectivity index (χ1) is 15.2. The molecule has 32 heavy (non-hydrogen) atoms. The summed E-state index contributed by atoms with van der Waals surface area (Å²) in [5, 5.41) is 7.45. The molecule has 1 aromatic heterocycles. The van der Waals surface area contributed by atoms with Crippen LogP contribution >= 0.6 is 11.6 Å². The summed E-state index contributed by atoms with van der Waals surface area (Å²) in [6, 6.07) is 17.1. The fourth-order valence-corrected chi connectivity index (χ4v) is 3.28. The van der Waals surface area contributed by atoms with Crippen LogP contribution in [0.25, 0.3) is 16.9 Å². The number of carbonyl (C=O) groups excluding carboxylic acids is 2. The quantitative estimate of drug-likeness (QED) is 0.498. The minimum Gasteiger partial charge on any atom is -0.333 e. The Bertz CT molecular complexity index is 1080. The number of alkyl halides is 1. The number of nitrogens with zero attached hydrogens (tertiary/aromatic N) is 3. The zero-order chi connectivity index (χ0) is 23.3. The number of carbonyl (C=O) groups is 2. The second-order valence-corrected chi connectivity index (χ2v) is 8.32. The third-order valence-electron chi connectivity index (χ3n) is 5.03. The SMILES string of the molecule is CCN(CC(=O)Nc1cc(-c2ccccc2)nn1-c1ccc(F)cc1)C(=O)C(C)(C)CCl. The first-order valence-electron chi connectivity index (χ1n) is 10.3. The molecule has 1 heterocycles. The number of amides is 2. The molecule has 0 unspecified atom stereocenters. The van der Waals surface area contributed by atoms with Crippen molar-refractivity contribution in [3.63, 3.8) is 0 Å². The van der Waals surface area contributed by atoms with Crippen LogP contribution in [-0.2, 0) is 9.59 Å². The molecule has 0 fully saturated rings. The van der Waals surface area contributed by atoms with E-state index in [-0.39, 0.29) is 30.1 Å². The number of rotatable bonds is 8. The van der Waals surface area contributed by atoms with Gasteiger partial charge in [-0.1, -0.05) is 30.3 Å². The highest BCUT2D eigenvalue weighted by molar-refractivity contribution is 6.19. The first-order valence-corrected chi connectivity index (χ1v) is 10.8. The lowest BCUT2D eigenvalue weighted by atomic mass is 9.94. The molecule has 0 aliphatic heterocycles. The molecule has 2 aromatic carbocycles. The van der Waals surface area contributed by atoms with E-state index < -0.39 is 5.41 Å². The summed E-state index contributed by atoms with van der Waals surface area (Å²) >= 11 is 5.93. The summed E-state index contributed by atoms with van der Waals surface area (Å²) in [5.41, 5.74) is 1.35. The predicted octanol–water partition coefficient (Wildman–Crippen LogP) is 4.73. The van der Waals surface area contributed by atoms with Gasteiger partial charge in [0.2, 0.25) is 11.8 Å². The number of hydrogen-bond acceptors (Lipinski definition) is 3. The van der Waals surface area contributed by atoms with Gasteiger partial charge >= 0.3 is 0 Å². The number of anilines is 1. The van der Waals surface area contributed by atoms with Gasteiger partial charge in [-0.15, -0.1) is 11.6 Å². The van der Waals surface area contributed by atoms with E-state index in [4.69, 9.17) is 11.6 Å². The third kappa shape index (κ3) is 5.34. The van der Waals surface area contributed by atoms with Gasteiger partial charge in [0, 0.05) is 24.1 Å². The standard InChI is InChI=1S/C24H26ClFN4O2/c1-4-29(23(32)24(2,3)16-25)15-22(31)27-21-14-20(17-8-6-5-7-9-17)28-30(21)19-12-10-18(26)11-13-19/h5-14H,4,15-16H2,1-3H3,(H,27,31). The van der Waals surface area contributed by atoms with Crippen LogP contribution in [0.2, 0.25) is 0 Å². The Morgan fingerprint density at radius 2 is 1.78 bits per heavy atom. The van der Waals surface area contributed by atoms with Gasteiger partial charge in [0.1, 0.15) is 11.6 Å². The van der Waals surface area contributed by atoms with Crippen molar-refractivity contribution >= 4 is 29.2 Å². The molecular weight excluding hydrogens is 431 g/mol. The summed E-state index contributed by atoms with van der Waals surface area (Å²) in [6.07, 6.45) is 0. The zero-order valence-corrected chi connectivity index (χ0v) is 19.1. The van der Waals surface area contributed by atoms with Crippen LogP contribution in [-0.4, -0.2) is 45.5 Å². The van der Waals surface area contributed by atoms with Crippen LogP contribution in [0.4, 0.5) is 10.2 Å². The van der Waals surface area contributed by atoms with E-state index in [1.165, 1.54) is 17.0 Å². The first kappa shape index (κ1) is 23.5. The molecule has 0 saturated heterocycles. The average molecular weight is 457 g/mol. The van der Waals surface area contributed by atoms with Crippen LogP contribution in [0, 0.1) is 11.2 Å². The molecule has 0 spiro atoms. The van der Waals surface area contributed by atoms with Gasteiger partial charge in [0.15, 0.2) is 0 Å². The highest BCUT2D eigenvalue weighted by atomic mass is 35.5. The van der Waals surface area contributed by atoms with Crippen molar-refractivity contribution in [1.29, 1.82) is 0 Å². The molecule has 2 amide bonds. The lowest BCUT2D eigenvalue weighted by Gasteiger charge is -2.29. The highest BCUT2D eigenvalue weighted by Gasteiger charge is 2.31. The molecule has 0 aliphatic rings. The van der Waals surface area contributed by atoms with Crippen molar-refractivity contribution in [2.45, 2.75) is 20.8 Å². The molecule has 6 nitrogen and oxygen atoms in total. The monoisotopic (exact) mass is 456 g/mol. The minimum atomic E-state index is -0.770. The fourth-order valence-electron chi connectivity index (χ4n) is 3.17. The maximum Gasteiger partial charge on any atom is 0.245 e. The molecule has 8 heteroatoms. The van der Waals surface area contributed by atoms with Gasteiger partial charge in [-0.3, -0.25) is 9.59 Å².